The maximum absolute atomic E-state index is 12.6. The van der Waals surface area contributed by atoms with Gasteiger partial charge in [0.2, 0.25) is 0 Å². The van der Waals surface area contributed by atoms with Crippen LogP contribution in [0.2, 0.25) is 0 Å². The van der Waals surface area contributed by atoms with Gasteiger partial charge in [-0.15, -0.1) is 0 Å². The summed E-state index contributed by atoms with van der Waals surface area (Å²) in [7, 11) is -3.65. The highest BCUT2D eigenvalue weighted by atomic mass is 32.2. The normalized spacial score (nSPS) is 11.3. The first-order chi connectivity index (χ1) is 14.9. The second kappa shape index (κ2) is 8.57. The van der Waals surface area contributed by atoms with E-state index in [0.29, 0.717) is 23.1 Å². The van der Waals surface area contributed by atoms with Crippen LogP contribution >= 0.6 is 0 Å². The van der Waals surface area contributed by atoms with Crippen molar-refractivity contribution < 1.29 is 8.42 Å². The Morgan fingerprint density at radius 3 is 2.32 bits per heavy atom. The average Bonchev–Trinajstić information content (AvgIpc) is 3.30. The summed E-state index contributed by atoms with van der Waals surface area (Å²) in [5.74, 6) is 1.94. The van der Waals surface area contributed by atoms with E-state index in [0.717, 1.165) is 17.7 Å². The zero-order valence-corrected chi connectivity index (χ0v) is 18.0. The van der Waals surface area contributed by atoms with Crippen LogP contribution in [0, 0.1) is 6.92 Å². The van der Waals surface area contributed by atoms with Gasteiger partial charge >= 0.3 is 0 Å². The van der Waals surface area contributed by atoms with Crippen molar-refractivity contribution in [2.45, 2.75) is 25.2 Å². The molecule has 0 fully saturated rings. The van der Waals surface area contributed by atoms with Gasteiger partial charge in [0.25, 0.3) is 10.0 Å². The Labute approximate surface area is 181 Å². The van der Waals surface area contributed by atoms with Gasteiger partial charge in [0.15, 0.2) is 0 Å². The molecular formula is C22H22N6O2S. The van der Waals surface area contributed by atoms with Gasteiger partial charge in [-0.25, -0.2) is 23.4 Å². The van der Waals surface area contributed by atoms with Crippen molar-refractivity contribution in [3.8, 4) is 5.82 Å². The van der Waals surface area contributed by atoms with E-state index in [1.165, 1.54) is 0 Å². The van der Waals surface area contributed by atoms with Crippen LogP contribution in [0.1, 0.15) is 18.3 Å². The predicted molar refractivity (Wildman–Crippen MR) is 120 cm³/mol. The van der Waals surface area contributed by atoms with Gasteiger partial charge in [-0.3, -0.25) is 9.29 Å². The fourth-order valence-corrected chi connectivity index (χ4v) is 4.09. The van der Waals surface area contributed by atoms with Crippen LogP contribution in [0.3, 0.4) is 0 Å². The number of anilines is 3. The summed E-state index contributed by atoms with van der Waals surface area (Å²) >= 11 is 0. The van der Waals surface area contributed by atoms with Crippen molar-refractivity contribution in [2.24, 2.45) is 0 Å². The minimum Gasteiger partial charge on any atom is -0.340 e. The van der Waals surface area contributed by atoms with E-state index >= 15 is 0 Å². The highest BCUT2D eigenvalue weighted by Crippen LogP contribution is 2.22. The number of imidazole rings is 1. The first-order valence-electron chi connectivity index (χ1n) is 9.76. The number of aromatic nitrogens is 4. The first-order valence-corrected chi connectivity index (χ1v) is 11.2. The highest BCUT2D eigenvalue weighted by Gasteiger charge is 2.14. The Balaban J connectivity index is 1.48. The smallest absolute Gasteiger partial charge is 0.261 e. The molecule has 0 radical (unpaired) electrons. The number of hydrogen-bond donors (Lipinski definition) is 2. The molecule has 31 heavy (non-hydrogen) atoms. The van der Waals surface area contributed by atoms with Gasteiger partial charge in [-0.05, 0) is 55.3 Å². The van der Waals surface area contributed by atoms with Crippen molar-refractivity contribution in [3.05, 3.63) is 84.7 Å². The van der Waals surface area contributed by atoms with Crippen LogP contribution in [0.15, 0.2) is 78.2 Å². The molecule has 158 valence electrons. The van der Waals surface area contributed by atoms with Crippen LogP contribution in [0.4, 0.5) is 17.2 Å². The molecule has 2 N–H and O–H groups in total. The molecule has 2 heterocycles. The van der Waals surface area contributed by atoms with Crippen molar-refractivity contribution in [3.63, 3.8) is 0 Å². The Morgan fingerprint density at radius 2 is 1.68 bits per heavy atom. The lowest BCUT2D eigenvalue weighted by Gasteiger charge is -2.11. The summed E-state index contributed by atoms with van der Waals surface area (Å²) in [5.41, 5.74) is 2.33. The topological polar surface area (TPSA) is 102 Å². The standard InChI is InChI=1S/C22H22N6O2S/c1-3-17-4-10-20(11-5-17)31(29,30)27-19-8-6-18(7-9-19)26-21-14-22(25-16(2)24-21)28-13-12-23-15-28/h4-15,27H,3H2,1-2H3,(H,24,25,26). The third-order valence-corrected chi connectivity index (χ3v) is 6.04. The molecule has 0 spiro atoms. The Bertz CT molecular complexity index is 1270. The molecule has 0 unspecified atom stereocenters. The van der Waals surface area contributed by atoms with Gasteiger partial charge in [-0.1, -0.05) is 19.1 Å². The van der Waals surface area contributed by atoms with Crippen LogP contribution in [-0.4, -0.2) is 27.9 Å². The Kier molecular flexibility index (Phi) is 5.68. The zero-order valence-electron chi connectivity index (χ0n) is 17.1. The van der Waals surface area contributed by atoms with Gasteiger partial charge in [0.05, 0.1) is 4.90 Å². The molecule has 8 nitrogen and oxygen atoms in total. The number of nitrogens with zero attached hydrogens (tertiary/aromatic N) is 4. The van der Waals surface area contributed by atoms with E-state index in [4.69, 9.17) is 0 Å². The van der Waals surface area contributed by atoms with E-state index < -0.39 is 10.0 Å². The monoisotopic (exact) mass is 434 g/mol. The van der Waals surface area contributed by atoms with E-state index in [1.54, 1.807) is 53.5 Å². The summed E-state index contributed by atoms with van der Waals surface area (Å²) in [6, 6.07) is 15.7. The number of aryl methyl sites for hydroxylation is 2. The van der Waals surface area contributed by atoms with Crippen molar-refractivity contribution in [1.82, 2.24) is 19.5 Å². The zero-order chi connectivity index (χ0) is 21.8. The molecule has 0 bridgehead atoms. The Morgan fingerprint density at radius 1 is 0.968 bits per heavy atom. The van der Waals surface area contributed by atoms with Crippen LogP contribution in [0.5, 0.6) is 0 Å². The summed E-state index contributed by atoms with van der Waals surface area (Å²) in [6.07, 6.45) is 6.02. The van der Waals surface area contributed by atoms with Gasteiger partial charge in [0.1, 0.15) is 23.8 Å². The average molecular weight is 435 g/mol. The maximum Gasteiger partial charge on any atom is 0.261 e. The molecule has 0 aliphatic rings. The predicted octanol–water partition coefficient (Wildman–Crippen LogP) is 4.08. The molecule has 0 aliphatic heterocycles. The molecule has 4 rings (SSSR count). The summed E-state index contributed by atoms with van der Waals surface area (Å²) in [6.45, 7) is 3.84. The molecule has 2 aromatic heterocycles. The molecule has 0 aliphatic carbocycles. The second-order valence-corrected chi connectivity index (χ2v) is 8.62. The first kappa shape index (κ1) is 20.5. The summed E-state index contributed by atoms with van der Waals surface area (Å²) in [4.78, 5) is 13.1. The molecule has 0 saturated carbocycles. The number of hydrogen-bond acceptors (Lipinski definition) is 6. The lowest BCUT2D eigenvalue weighted by molar-refractivity contribution is 0.601. The summed E-state index contributed by atoms with van der Waals surface area (Å²) < 4.78 is 29.6. The minimum absolute atomic E-state index is 0.232. The largest absolute Gasteiger partial charge is 0.340 e. The van der Waals surface area contributed by atoms with Crippen molar-refractivity contribution in [2.75, 3.05) is 10.0 Å². The number of sulfonamides is 1. The van der Waals surface area contributed by atoms with Crippen LogP contribution < -0.4 is 10.0 Å². The molecular weight excluding hydrogens is 412 g/mol. The molecule has 0 amide bonds. The molecule has 4 aromatic rings. The van der Waals surface area contributed by atoms with E-state index in [1.807, 2.05) is 38.2 Å². The third-order valence-electron chi connectivity index (χ3n) is 4.64. The Hall–Kier alpha value is -3.72. The molecule has 0 atom stereocenters. The maximum atomic E-state index is 12.6. The molecule has 0 saturated heterocycles. The lowest BCUT2D eigenvalue weighted by Crippen LogP contribution is -2.12. The van der Waals surface area contributed by atoms with Crippen molar-refractivity contribution >= 4 is 27.2 Å². The third kappa shape index (κ3) is 4.89. The SMILES string of the molecule is CCc1ccc(S(=O)(=O)Nc2ccc(Nc3cc(-n4ccnc4)nc(C)n3)cc2)cc1. The number of benzene rings is 2. The number of rotatable bonds is 7. The fourth-order valence-electron chi connectivity index (χ4n) is 3.03. The quantitative estimate of drug-likeness (QED) is 0.454. The van der Waals surface area contributed by atoms with Gasteiger partial charge in [-0.2, -0.15) is 0 Å². The van der Waals surface area contributed by atoms with Crippen LogP contribution in [0.25, 0.3) is 5.82 Å². The van der Waals surface area contributed by atoms with E-state index in [2.05, 4.69) is 25.0 Å². The van der Waals surface area contributed by atoms with Gasteiger partial charge < -0.3 is 5.32 Å². The fraction of sp³-hybridized carbons (Fsp3) is 0.136. The highest BCUT2D eigenvalue weighted by molar-refractivity contribution is 7.92. The second-order valence-electron chi connectivity index (χ2n) is 6.93. The molecule has 9 heteroatoms. The van der Waals surface area contributed by atoms with Gasteiger partial charge in [0, 0.05) is 29.8 Å². The van der Waals surface area contributed by atoms with E-state index in [-0.39, 0.29) is 4.90 Å². The summed E-state index contributed by atoms with van der Waals surface area (Å²) in [5, 5.41) is 3.22. The van der Waals surface area contributed by atoms with Crippen molar-refractivity contribution in [1.29, 1.82) is 0 Å². The number of nitrogens with one attached hydrogen (secondary N) is 2. The van der Waals surface area contributed by atoms with E-state index in [9.17, 15) is 8.42 Å². The minimum atomic E-state index is -3.65. The lowest BCUT2D eigenvalue weighted by atomic mass is 10.2. The van der Waals surface area contributed by atoms with Crippen LogP contribution in [-0.2, 0) is 16.4 Å². The molecule has 2 aromatic carbocycles.